The predicted molar refractivity (Wildman–Crippen MR) is 71.8 cm³/mol. The molecule has 2 rings (SSSR count). The number of hydrogen-bond donors (Lipinski definition) is 1. The molecule has 0 radical (unpaired) electrons. The van der Waals surface area contributed by atoms with Crippen LogP contribution in [-0.4, -0.2) is 13.4 Å². The Hall–Kier alpha value is -0.920. The summed E-state index contributed by atoms with van der Waals surface area (Å²) in [5.41, 5.74) is 0.760. The molecule has 0 aliphatic rings. The monoisotopic (exact) mass is 332 g/mol. The molecule has 0 aliphatic heterocycles. The number of hydrogen-bond acceptors (Lipinski definition) is 4. The lowest BCUT2D eigenvalue weighted by Crippen LogP contribution is -2.13. The van der Waals surface area contributed by atoms with Crippen molar-refractivity contribution in [2.24, 2.45) is 0 Å². The van der Waals surface area contributed by atoms with Crippen LogP contribution in [0.15, 0.2) is 38.3 Å². The van der Waals surface area contributed by atoms with Gasteiger partial charge in [-0.05, 0) is 46.4 Å². The average Bonchev–Trinajstić information content (AvgIpc) is 2.64. The summed E-state index contributed by atoms with van der Waals surface area (Å²) in [5.74, 6) is 0.324. The molecule has 0 saturated carbocycles. The Labute approximate surface area is 112 Å². The van der Waals surface area contributed by atoms with Crippen LogP contribution in [0.1, 0.15) is 5.69 Å². The fourth-order valence-electron chi connectivity index (χ4n) is 1.26. The lowest BCUT2D eigenvalue weighted by Gasteiger charge is -2.06. The highest BCUT2D eigenvalue weighted by molar-refractivity contribution is 9.10. The maximum Gasteiger partial charge on any atom is 0.273 e. The molecular weight excluding hydrogens is 324 g/mol. The summed E-state index contributed by atoms with van der Waals surface area (Å²) >= 11 is 4.36. The van der Waals surface area contributed by atoms with Gasteiger partial charge in [0.15, 0.2) is 4.21 Å². The zero-order chi connectivity index (χ0) is 12.5. The molecule has 2 aromatic rings. The first-order valence-electron chi connectivity index (χ1n) is 4.68. The highest BCUT2D eigenvalue weighted by atomic mass is 79.9. The van der Waals surface area contributed by atoms with E-state index in [0.717, 1.165) is 17.0 Å². The Morgan fingerprint density at radius 1 is 1.35 bits per heavy atom. The fourth-order valence-corrected chi connectivity index (χ4v) is 4.60. The Morgan fingerprint density at radius 3 is 2.71 bits per heavy atom. The maximum absolute atomic E-state index is 12.0. The van der Waals surface area contributed by atoms with Crippen molar-refractivity contribution < 1.29 is 8.42 Å². The molecule has 1 N–H and O–H groups in total. The molecule has 0 bridgehead atoms. The highest BCUT2D eigenvalue weighted by Gasteiger charge is 2.19. The molecule has 0 aliphatic carbocycles. The quantitative estimate of drug-likeness (QED) is 0.939. The van der Waals surface area contributed by atoms with Gasteiger partial charge >= 0.3 is 0 Å². The summed E-state index contributed by atoms with van der Waals surface area (Å²) in [6, 6.07) is 6.87. The van der Waals surface area contributed by atoms with Crippen molar-refractivity contribution in [3.8, 4) is 0 Å². The summed E-state index contributed by atoms with van der Waals surface area (Å²) in [4.78, 5) is 4.10. The number of pyridine rings is 1. The first-order chi connectivity index (χ1) is 7.99. The standard InChI is InChI=1S/C10H9BrN2O2S2/c1-7-3-2-4-9(12-7)13-17(14,15)10-8(11)5-6-16-10/h2-6H,1H3,(H,12,13). The van der Waals surface area contributed by atoms with Gasteiger partial charge in [-0.1, -0.05) is 6.07 Å². The summed E-state index contributed by atoms with van der Waals surface area (Å²) in [6.07, 6.45) is 0. The van der Waals surface area contributed by atoms with Gasteiger partial charge in [0.25, 0.3) is 10.0 Å². The third-order valence-corrected chi connectivity index (χ3v) is 5.98. The van der Waals surface area contributed by atoms with E-state index in [1.165, 1.54) is 0 Å². The summed E-state index contributed by atoms with van der Waals surface area (Å²) in [6.45, 7) is 1.80. The molecule has 17 heavy (non-hydrogen) atoms. The molecule has 90 valence electrons. The minimum absolute atomic E-state index is 0.251. The van der Waals surface area contributed by atoms with Crippen LogP contribution in [0.4, 0.5) is 5.82 Å². The third-order valence-electron chi connectivity index (χ3n) is 1.96. The fraction of sp³-hybridized carbons (Fsp3) is 0.100. The number of thiophene rings is 1. The molecule has 0 amide bonds. The second-order valence-corrected chi connectivity index (χ2v) is 6.97. The molecule has 0 spiro atoms. The Morgan fingerprint density at radius 2 is 2.12 bits per heavy atom. The molecule has 7 heteroatoms. The van der Waals surface area contributed by atoms with Gasteiger partial charge < -0.3 is 0 Å². The van der Waals surface area contributed by atoms with Crippen molar-refractivity contribution in [1.82, 2.24) is 4.98 Å². The van der Waals surface area contributed by atoms with Gasteiger partial charge in [0.05, 0.1) is 0 Å². The molecule has 0 saturated heterocycles. The van der Waals surface area contributed by atoms with Crippen LogP contribution in [0, 0.1) is 6.92 Å². The summed E-state index contributed by atoms with van der Waals surface area (Å²) < 4.78 is 27.3. The van der Waals surface area contributed by atoms with Crippen molar-refractivity contribution in [3.05, 3.63) is 39.8 Å². The Balaban J connectivity index is 2.33. The van der Waals surface area contributed by atoms with Crippen molar-refractivity contribution in [3.63, 3.8) is 0 Å². The number of sulfonamides is 1. The molecular formula is C10H9BrN2O2S2. The number of anilines is 1. The van der Waals surface area contributed by atoms with Crippen molar-refractivity contribution in [2.75, 3.05) is 4.72 Å². The summed E-state index contributed by atoms with van der Waals surface area (Å²) in [5, 5.41) is 1.71. The van der Waals surface area contributed by atoms with Crippen LogP contribution in [0.5, 0.6) is 0 Å². The van der Waals surface area contributed by atoms with Gasteiger partial charge in [-0.25, -0.2) is 13.4 Å². The van der Waals surface area contributed by atoms with E-state index in [4.69, 9.17) is 0 Å². The zero-order valence-electron chi connectivity index (χ0n) is 8.84. The number of halogens is 1. The van der Waals surface area contributed by atoms with E-state index < -0.39 is 10.0 Å². The average molecular weight is 333 g/mol. The SMILES string of the molecule is Cc1cccc(NS(=O)(=O)c2sccc2Br)n1. The first-order valence-corrected chi connectivity index (χ1v) is 7.84. The Kier molecular flexibility index (Phi) is 3.50. The number of nitrogens with zero attached hydrogens (tertiary/aromatic N) is 1. The van der Waals surface area contributed by atoms with Gasteiger partial charge in [0.1, 0.15) is 5.82 Å². The van der Waals surface area contributed by atoms with Crippen LogP contribution in [0.2, 0.25) is 0 Å². The number of aromatic nitrogens is 1. The minimum Gasteiger partial charge on any atom is -0.263 e. The number of rotatable bonds is 3. The molecule has 2 aromatic heterocycles. The normalized spacial score (nSPS) is 11.4. The molecule has 2 heterocycles. The van der Waals surface area contributed by atoms with Gasteiger partial charge in [-0.2, -0.15) is 0 Å². The van der Waals surface area contributed by atoms with Gasteiger partial charge in [0, 0.05) is 10.2 Å². The van der Waals surface area contributed by atoms with E-state index in [1.807, 2.05) is 0 Å². The van der Waals surface area contributed by atoms with Crippen LogP contribution in [-0.2, 0) is 10.0 Å². The topological polar surface area (TPSA) is 59.1 Å². The second-order valence-electron chi connectivity index (χ2n) is 3.33. The zero-order valence-corrected chi connectivity index (χ0v) is 12.1. The van der Waals surface area contributed by atoms with E-state index in [2.05, 4.69) is 25.6 Å². The minimum atomic E-state index is -3.56. The molecule has 0 atom stereocenters. The molecule has 0 fully saturated rings. The van der Waals surface area contributed by atoms with E-state index in [-0.39, 0.29) is 4.21 Å². The third kappa shape index (κ3) is 2.85. The summed E-state index contributed by atoms with van der Waals surface area (Å²) in [7, 11) is -3.56. The molecule has 4 nitrogen and oxygen atoms in total. The van der Waals surface area contributed by atoms with E-state index >= 15 is 0 Å². The lowest BCUT2D eigenvalue weighted by atomic mass is 10.4. The van der Waals surface area contributed by atoms with Crippen molar-refractivity contribution >= 4 is 43.1 Å². The second kappa shape index (κ2) is 4.75. The van der Waals surface area contributed by atoms with Crippen LogP contribution >= 0.6 is 27.3 Å². The largest absolute Gasteiger partial charge is 0.273 e. The van der Waals surface area contributed by atoms with Crippen LogP contribution < -0.4 is 4.72 Å². The van der Waals surface area contributed by atoms with Crippen LogP contribution in [0.25, 0.3) is 0 Å². The first kappa shape index (κ1) is 12.5. The molecule has 0 unspecified atom stereocenters. The highest BCUT2D eigenvalue weighted by Crippen LogP contribution is 2.28. The van der Waals surface area contributed by atoms with Gasteiger partial charge in [-0.3, -0.25) is 4.72 Å². The number of nitrogens with one attached hydrogen (secondary N) is 1. The van der Waals surface area contributed by atoms with Crippen LogP contribution in [0.3, 0.4) is 0 Å². The van der Waals surface area contributed by atoms with E-state index in [9.17, 15) is 8.42 Å². The lowest BCUT2D eigenvalue weighted by molar-refractivity contribution is 0.602. The Bertz CT molecular complexity index is 637. The van der Waals surface area contributed by atoms with E-state index in [1.54, 1.807) is 36.6 Å². The van der Waals surface area contributed by atoms with Gasteiger partial charge in [-0.15, -0.1) is 11.3 Å². The molecule has 0 aromatic carbocycles. The predicted octanol–water partition coefficient (Wildman–Crippen LogP) is 3.01. The smallest absolute Gasteiger partial charge is 0.263 e. The number of aryl methyl sites for hydroxylation is 1. The maximum atomic E-state index is 12.0. The van der Waals surface area contributed by atoms with Gasteiger partial charge in [0.2, 0.25) is 0 Å². The van der Waals surface area contributed by atoms with E-state index in [0.29, 0.717) is 10.3 Å². The van der Waals surface area contributed by atoms with Crippen molar-refractivity contribution in [1.29, 1.82) is 0 Å². The van der Waals surface area contributed by atoms with Crippen molar-refractivity contribution in [2.45, 2.75) is 11.1 Å².